The first kappa shape index (κ1) is 17.9. The molecule has 0 spiro atoms. The van der Waals surface area contributed by atoms with Gasteiger partial charge in [0.15, 0.2) is 11.5 Å². The molecule has 0 bridgehead atoms. The van der Waals surface area contributed by atoms with Crippen LogP contribution >= 0.6 is 11.8 Å². The monoisotopic (exact) mass is 386 g/mol. The largest absolute Gasteiger partial charge is 0.494 e. The lowest BCUT2D eigenvalue weighted by Gasteiger charge is -2.26. The SMILES string of the molecule is CCOc1ccc(NC(=O)N2CCS[C@@H]2c2ccc3c(c2)OCCO3)cc1. The van der Waals surface area contributed by atoms with Gasteiger partial charge in [-0.2, -0.15) is 0 Å². The fourth-order valence-corrected chi connectivity index (χ4v) is 4.41. The van der Waals surface area contributed by atoms with E-state index in [0.717, 1.165) is 34.3 Å². The summed E-state index contributed by atoms with van der Waals surface area (Å²) in [6, 6.07) is 13.2. The highest BCUT2D eigenvalue weighted by atomic mass is 32.2. The summed E-state index contributed by atoms with van der Waals surface area (Å²) in [5.74, 6) is 3.20. The molecule has 142 valence electrons. The maximum atomic E-state index is 12.8. The second-order valence-electron chi connectivity index (χ2n) is 6.21. The van der Waals surface area contributed by atoms with Crippen LogP contribution < -0.4 is 19.5 Å². The summed E-state index contributed by atoms with van der Waals surface area (Å²) in [4.78, 5) is 14.7. The lowest BCUT2D eigenvalue weighted by Crippen LogP contribution is -2.34. The number of anilines is 1. The molecule has 7 heteroatoms. The fraction of sp³-hybridized carbons (Fsp3) is 0.350. The zero-order valence-electron chi connectivity index (χ0n) is 15.1. The van der Waals surface area contributed by atoms with Crippen molar-refractivity contribution >= 4 is 23.5 Å². The third-order valence-electron chi connectivity index (χ3n) is 4.42. The van der Waals surface area contributed by atoms with Crippen molar-refractivity contribution in [2.24, 2.45) is 0 Å². The number of nitrogens with zero attached hydrogens (tertiary/aromatic N) is 1. The molecule has 27 heavy (non-hydrogen) atoms. The van der Waals surface area contributed by atoms with Crippen molar-refractivity contribution in [2.75, 3.05) is 37.4 Å². The molecule has 0 aromatic heterocycles. The Bertz CT molecular complexity index is 812. The molecule has 4 rings (SSSR count). The van der Waals surface area contributed by atoms with E-state index >= 15 is 0 Å². The summed E-state index contributed by atoms with van der Waals surface area (Å²) >= 11 is 1.75. The van der Waals surface area contributed by atoms with Gasteiger partial charge in [0.25, 0.3) is 0 Å². The number of hydrogen-bond donors (Lipinski definition) is 1. The molecule has 2 aromatic carbocycles. The average molecular weight is 386 g/mol. The van der Waals surface area contributed by atoms with Gasteiger partial charge in [-0.3, -0.25) is 0 Å². The molecule has 0 radical (unpaired) electrons. The highest BCUT2D eigenvalue weighted by Gasteiger charge is 2.31. The van der Waals surface area contributed by atoms with Crippen molar-refractivity contribution in [3.05, 3.63) is 48.0 Å². The predicted molar refractivity (Wildman–Crippen MR) is 106 cm³/mol. The van der Waals surface area contributed by atoms with Crippen molar-refractivity contribution in [2.45, 2.75) is 12.3 Å². The number of ether oxygens (including phenoxy) is 3. The molecule has 1 atom stereocenters. The summed E-state index contributed by atoms with van der Waals surface area (Å²) in [5, 5.41) is 2.94. The normalized spacial score (nSPS) is 18.3. The van der Waals surface area contributed by atoms with Gasteiger partial charge in [0.2, 0.25) is 0 Å². The first-order valence-corrected chi connectivity index (χ1v) is 10.1. The summed E-state index contributed by atoms with van der Waals surface area (Å²) < 4.78 is 16.7. The number of carbonyl (C=O) groups excluding carboxylic acids is 1. The van der Waals surface area contributed by atoms with Crippen LogP contribution in [0.25, 0.3) is 0 Å². The number of carbonyl (C=O) groups is 1. The lowest BCUT2D eigenvalue weighted by atomic mass is 10.1. The molecule has 1 fully saturated rings. The lowest BCUT2D eigenvalue weighted by molar-refractivity contribution is 0.171. The van der Waals surface area contributed by atoms with E-state index in [9.17, 15) is 4.79 Å². The van der Waals surface area contributed by atoms with E-state index in [4.69, 9.17) is 14.2 Å². The summed E-state index contributed by atoms with van der Waals surface area (Å²) in [6.07, 6.45) is 0. The van der Waals surface area contributed by atoms with Crippen LogP contribution in [-0.4, -0.2) is 43.0 Å². The Hall–Kier alpha value is -2.54. The van der Waals surface area contributed by atoms with Crippen molar-refractivity contribution in [1.82, 2.24) is 4.90 Å². The van der Waals surface area contributed by atoms with Crippen LogP contribution in [0.15, 0.2) is 42.5 Å². The zero-order chi connectivity index (χ0) is 18.6. The van der Waals surface area contributed by atoms with Crippen molar-refractivity contribution in [3.63, 3.8) is 0 Å². The Morgan fingerprint density at radius 2 is 1.96 bits per heavy atom. The van der Waals surface area contributed by atoms with E-state index in [-0.39, 0.29) is 11.4 Å². The van der Waals surface area contributed by atoms with Crippen molar-refractivity contribution in [1.29, 1.82) is 0 Å². The Labute approximate surface area is 162 Å². The zero-order valence-corrected chi connectivity index (χ0v) is 16.0. The number of benzene rings is 2. The number of thioether (sulfide) groups is 1. The molecule has 0 unspecified atom stereocenters. The van der Waals surface area contributed by atoms with Crippen molar-refractivity contribution < 1.29 is 19.0 Å². The quantitative estimate of drug-likeness (QED) is 0.856. The number of amides is 2. The number of urea groups is 1. The van der Waals surface area contributed by atoms with E-state index in [2.05, 4.69) is 5.32 Å². The highest BCUT2D eigenvalue weighted by Crippen LogP contribution is 2.41. The molecule has 2 heterocycles. The van der Waals surface area contributed by atoms with E-state index in [1.165, 1.54) is 0 Å². The van der Waals surface area contributed by atoms with Gasteiger partial charge >= 0.3 is 6.03 Å². The fourth-order valence-electron chi connectivity index (χ4n) is 3.16. The first-order chi connectivity index (χ1) is 13.2. The van der Waals surface area contributed by atoms with Gasteiger partial charge in [-0.05, 0) is 48.9 Å². The van der Waals surface area contributed by atoms with Crippen LogP contribution in [0.1, 0.15) is 17.9 Å². The second kappa shape index (κ2) is 8.00. The molecule has 6 nitrogen and oxygen atoms in total. The topological polar surface area (TPSA) is 60.0 Å². The molecule has 1 N–H and O–H groups in total. The van der Waals surface area contributed by atoms with E-state index in [0.29, 0.717) is 26.4 Å². The van der Waals surface area contributed by atoms with Crippen LogP contribution in [0.2, 0.25) is 0 Å². The van der Waals surface area contributed by atoms with Gasteiger partial charge in [-0.1, -0.05) is 6.07 Å². The maximum Gasteiger partial charge on any atom is 0.323 e. The van der Waals surface area contributed by atoms with E-state index in [1.54, 1.807) is 11.8 Å². The van der Waals surface area contributed by atoms with Gasteiger partial charge in [0.1, 0.15) is 24.3 Å². The molecular weight excluding hydrogens is 364 g/mol. The number of hydrogen-bond acceptors (Lipinski definition) is 5. The van der Waals surface area contributed by atoms with Crippen LogP contribution in [0.4, 0.5) is 10.5 Å². The number of nitrogens with one attached hydrogen (secondary N) is 1. The van der Waals surface area contributed by atoms with Gasteiger partial charge in [0, 0.05) is 18.0 Å². The van der Waals surface area contributed by atoms with Crippen LogP contribution in [0.3, 0.4) is 0 Å². The standard InChI is InChI=1S/C20H22N2O4S/c1-2-24-16-6-4-15(5-7-16)21-20(23)22-9-12-27-19(22)14-3-8-17-18(13-14)26-11-10-25-17/h3-8,13,19H,2,9-12H2,1H3,(H,21,23)/t19-/m1/s1. The molecule has 0 aliphatic carbocycles. The molecule has 2 aliphatic heterocycles. The summed E-state index contributed by atoms with van der Waals surface area (Å²) in [6.45, 7) is 4.39. The Balaban J connectivity index is 1.46. The van der Waals surface area contributed by atoms with Crippen molar-refractivity contribution in [3.8, 4) is 17.2 Å². The van der Waals surface area contributed by atoms with Gasteiger partial charge in [-0.15, -0.1) is 11.8 Å². The van der Waals surface area contributed by atoms with Crippen LogP contribution in [0, 0.1) is 0 Å². The molecule has 2 amide bonds. The molecule has 1 saturated heterocycles. The second-order valence-corrected chi connectivity index (χ2v) is 7.40. The third kappa shape index (κ3) is 3.93. The van der Waals surface area contributed by atoms with E-state index < -0.39 is 0 Å². The number of fused-ring (bicyclic) bond motifs is 1. The van der Waals surface area contributed by atoms with Gasteiger partial charge < -0.3 is 24.4 Å². The Morgan fingerprint density at radius 1 is 1.19 bits per heavy atom. The average Bonchev–Trinajstić information content (AvgIpc) is 3.19. The maximum absolute atomic E-state index is 12.8. The third-order valence-corrected chi connectivity index (χ3v) is 5.68. The summed E-state index contributed by atoms with van der Waals surface area (Å²) in [7, 11) is 0. The predicted octanol–water partition coefficient (Wildman–Crippen LogP) is 4.14. The van der Waals surface area contributed by atoms with Crippen LogP contribution in [-0.2, 0) is 0 Å². The smallest absolute Gasteiger partial charge is 0.323 e. The molecule has 0 saturated carbocycles. The Kier molecular flexibility index (Phi) is 5.29. The summed E-state index contributed by atoms with van der Waals surface area (Å²) in [5.41, 5.74) is 1.80. The van der Waals surface area contributed by atoms with Crippen LogP contribution in [0.5, 0.6) is 17.2 Å². The van der Waals surface area contributed by atoms with Gasteiger partial charge in [0.05, 0.1) is 6.61 Å². The first-order valence-electron chi connectivity index (χ1n) is 9.06. The Morgan fingerprint density at radius 3 is 2.74 bits per heavy atom. The molecule has 2 aliphatic rings. The van der Waals surface area contributed by atoms with E-state index in [1.807, 2.05) is 54.3 Å². The minimum atomic E-state index is -0.107. The van der Waals surface area contributed by atoms with Gasteiger partial charge in [-0.25, -0.2) is 4.79 Å². The number of rotatable bonds is 4. The minimum Gasteiger partial charge on any atom is -0.494 e. The molecular formula is C20H22N2O4S. The minimum absolute atomic E-state index is 0.0384. The molecule has 2 aromatic rings. The highest BCUT2D eigenvalue weighted by molar-refractivity contribution is 7.99.